The Morgan fingerprint density at radius 3 is 2.68 bits per heavy atom. The van der Waals surface area contributed by atoms with Crippen LogP contribution in [0.5, 0.6) is 0 Å². The molecular weight excluding hydrogens is 272 g/mol. The molecule has 1 N–H and O–H groups in total. The van der Waals surface area contributed by atoms with E-state index in [4.69, 9.17) is 0 Å². The third-order valence-corrected chi connectivity index (χ3v) is 7.57. The van der Waals surface area contributed by atoms with Gasteiger partial charge in [-0.15, -0.1) is 0 Å². The molecule has 0 radical (unpaired) electrons. The molecule has 3 saturated carbocycles. The van der Waals surface area contributed by atoms with E-state index in [1.54, 1.807) is 0 Å². The van der Waals surface area contributed by atoms with Gasteiger partial charge in [-0.05, 0) is 66.3 Å². The zero-order chi connectivity index (χ0) is 16.1. The van der Waals surface area contributed by atoms with Gasteiger partial charge in [0.2, 0.25) is 0 Å². The molecule has 0 saturated heterocycles. The summed E-state index contributed by atoms with van der Waals surface area (Å²) in [6.07, 6.45) is 7.83. The van der Waals surface area contributed by atoms with E-state index in [0.29, 0.717) is 34.4 Å². The number of aliphatic hydroxyl groups excluding tert-OH is 1. The minimum atomic E-state index is 0.0726. The van der Waals surface area contributed by atoms with Crippen LogP contribution in [-0.2, 0) is 4.79 Å². The van der Waals surface area contributed by atoms with Gasteiger partial charge in [-0.2, -0.15) is 0 Å². The zero-order valence-electron chi connectivity index (χ0n) is 14.5. The van der Waals surface area contributed by atoms with E-state index in [1.807, 2.05) is 0 Å². The average molecular weight is 304 g/mol. The van der Waals surface area contributed by atoms with Crippen LogP contribution < -0.4 is 0 Å². The van der Waals surface area contributed by atoms with Crippen LogP contribution in [0.25, 0.3) is 0 Å². The maximum absolute atomic E-state index is 12.9. The Bertz CT molecular complexity index is 478. The highest BCUT2D eigenvalue weighted by molar-refractivity contribution is 5.83. The quantitative estimate of drug-likeness (QED) is 0.769. The van der Waals surface area contributed by atoms with Crippen molar-refractivity contribution in [2.45, 2.75) is 65.7 Å². The summed E-state index contributed by atoms with van der Waals surface area (Å²) >= 11 is 0. The molecule has 0 bridgehead atoms. The summed E-state index contributed by atoms with van der Waals surface area (Å²) in [6, 6.07) is 0. The first-order chi connectivity index (χ1) is 10.3. The molecule has 0 aromatic carbocycles. The Hall–Kier alpha value is -0.630. The van der Waals surface area contributed by atoms with Crippen molar-refractivity contribution in [3.05, 3.63) is 12.2 Å². The highest BCUT2D eigenvalue weighted by atomic mass is 16.3. The van der Waals surface area contributed by atoms with Gasteiger partial charge in [0.15, 0.2) is 0 Å². The highest BCUT2D eigenvalue weighted by Crippen LogP contribution is 2.63. The highest BCUT2D eigenvalue weighted by Gasteiger charge is 2.58. The normalized spacial score (nSPS) is 44.1. The van der Waals surface area contributed by atoms with E-state index in [2.05, 4.69) is 27.4 Å². The SMILES string of the molecule is C=C(CO)[C@H]1CC[C@H]2[C@H](C1)C(=O)C[C@H]1C(C)(C)CCC[C@]21C. The number of carbonyl (C=O) groups excluding carboxylic acids is 1. The molecule has 0 aliphatic heterocycles. The number of carbonyl (C=O) groups is 1. The maximum Gasteiger partial charge on any atom is 0.136 e. The molecule has 2 heteroatoms. The molecule has 3 fully saturated rings. The summed E-state index contributed by atoms with van der Waals surface area (Å²) in [7, 11) is 0. The maximum atomic E-state index is 12.9. The standard InChI is InChI=1S/C20H32O2/c1-13(12-21)14-6-7-16-15(10-14)17(22)11-18-19(2,3)8-5-9-20(16,18)4/h14-16,18,21H,1,5-12H2,2-4H3/t14-,15-,16-,18-,20+/m0/s1. The second-order valence-electron chi connectivity index (χ2n) is 9.11. The molecule has 0 aromatic heterocycles. The van der Waals surface area contributed by atoms with E-state index in [9.17, 15) is 9.90 Å². The number of hydrogen-bond acceptors (Lipinski definition) is 2. The number of rotatable bonds is 2. The lowest BCUT2D eigenvalue weighted by Gasteiger charge is -2.60. The first-order valence-electron chi connectivity index (χ1n) is 9.11. The predicted octanol–water partition coefficient (Wildman–Crippen LogP) is 4.37. The fourth-order valence-corrected chi connectivity index (χ4v) is 6.29. The molecule has 124 valence electrons. The predicted molar refractivity (Wildman–Crippen MR) is 89.4 cm³/mol. The van der Waals surface area contributed by atoms with Crippen LogP contribution in [-0.4, -0.2) is 17.5 Å². The molecule has 0 amide bonds. The molecular formula is C20H32O2. The Morgan fingerprint density at radius 2 is 2.00 bits per heavy atom. The lowest BCUT2D eigenvalue weighted by Crippen LogP contribution is -2.56. The molecule has 0 unspecified atom stereocenters. The van der Waals surface area contributed by atoms with Gasteiger partial charge in [-0.25, -0.2) is 0 Å². The van der Waals surface area contributed by atoms with Gasteiger partial charge >= 0.3 is 0 Å². The molecule has 5 atom stereocenters. The van der Waals surface area contributed by atoms with Crippen LogP contribution in [0.1, 0.15) is 65.7 Å². The van der Waals surface area contributed by atoms with Crippen molar-refractivity contribution in [3.63, 3.8) is 0 Å². The summed E-state index contributed by atoms with van der Waals surface area (Å²) in [4.78, 5) is 12.9. The van der Waals surface area contributed by atoms with E-state index in [0.717, 1.165) is 31.3 Å². The summed E-state index contributed by atoms with van der Waals surface area (Å²) in [5.74, 6) is 2.18. The van der Waals surface area contributed by atoms with Crippen LogP contribution in [0.2, 0.25) is 0 Å². The lowest BCUT2D eigenvalue weighted by atomic mass is 9.44. The second kappa shape index (κ2) is 5.47. The van der Waals surface area contributed by atoms with Gasteiger partial charge in [-0.3, -0.25) is 4.79 Å². The average Bonchev–Trinajstić information content (AvgIpc) is 2.48. The third kappa shape index (κ3) is 2.38. The van der Waals surface area contributed by atoms with Crippen molar-refractivity contribution < 1.29 is 9.90 Å². The Morgan fingerprint density at radius 1 is 1.27 bits per heavy atom. The zero-order valence-corrected chi connectivity index (χ0v) is 14.5. The monoisotopic (exact) mass is 304 g/mol. The van der Waals surface area contributed by atoms with Crippen molar-refractivity contribution in [2.75, 3.05) is 6.61 Å². The van der Waals surface area contributed by atoms with Crippen molar-refractivity contribution in [1.82, 2.24) is 0 Å². The molecule has 0 heterocycles. The molecule has 2 nitrogen and oxygen atoms in total. The van der Waals surface area contributed by atoms with Gasteiger partial charge < -0.3 is 5.11 Å². The fourth-order valence-electron chi connectivity index (χ4n) is 6.29. The number of aliphatic hydroxyl groups is 1. The van der Waals surface area contributed by atoms with Crippen LogP contribution >= 0.6 is 0 Å². The Kier molecular flexibility index (Phi) is 4.04. The van der Waals surface area contributed by atoms with E-state index in [-0.39, 0.29) is 12.5 Å². The van der Waals surface area contributed by atoms with Crippen molar-refractivity contribution >= 4 is 5.78 Å². The summed E-state index contributed by atoms with van der Waals surface area (Å²) in [6.45, 7) is 11.3. The summed E-state index contributed by atoms with van der Waals surface area (Å²) in [5.41, 5.74) is 1.58. The molecule has 3 aliphatic carbocycles. The van der Waals surface area contributed by atoms with Crippen LogP contribution in [0.15, 0.2) is 12.2 Å². The number of fused-ring (bicyclic) bond motifs is 3. The van der Waals surface area contributed by atoms with E-state index < -0.39 is 0 Å². The van der Waals surface area contributed by atoms with Gasteiger partial charge in [0, 0.05) is 12.3 Å². The number of hydrogen-bond donors (Lipinski definition) is 1. The molecule has 3 rings (SSSR count). The molecule has 0 spiro atoms. The molecule has 22 heavy (non-hydrogen) atoms. The van der Waals surface area contributed by atoms with Crippen molar-refractivity contribution in [1.29, 1.82) is 0 Å². The van der Waals surface area contributed by atoms with Gasteiger partial charge in [0.1, 0.15) is 5.78 Å². The first kappa shape index (κ1) is 16.2. The smallest absolute Gasteiger partial charge is 0.136 e. The molecule has 0 aromatic rings. The van der Waals surface area contributed by atoms with E-state index >= 15 is 0 Å². The Balaban J connectivity index is 1.87. The fraction of sp³-hybridized carbons (Fsp3) is 0.850. The topological polar surface area (TPSA) is 37.3 Å². The van der Waals surface area contributed by atoms with Gasteiger partial charge in [0.05, 0.1) is 6.61 Å². The van der Waals surface area contributed by atoms with Crippen LogP contribution in [0, 0.1) is 34.5 Å². The van der Waals surface area contributed by atoms with Crippen molar-refractivity contribution in [2.24, 2.45) is 34.5 Å². The van der Waals surface area contributed by atoms with Crippen LogP contribution in [0.4, 0.5) is 0 Å². The Labute approximate surface area is 135 Å². The number of ketones is 1. The summed E-state index contributed by atoms with van der Waals surface area (Å²) < 4.78 is 0. The summed E-state index contributed by atoms with van der Waals surface area (Å²) in [5, 5.41) is 9.37. The molecule has 3 aliphatic rings. The number of Topliss-reactive ketones (excluding diaryl/α,β-unsaturated/α-hetero) is 1. The minimum absolute atomic E-state index is 0.0726. The minimum Gasteiger partial charge on any atom is -0.392 e. The van der Waals surface area contributed by atoms with E-state index in [1.165, 1.54) is 19.3 Å². The third-order valence-electron chi connectivity index (χ3n) is 7.57. The first-order valence-corrected chi connectivity index (χ1v) is 9.11. The van der Waals surface area contributed by atoms with Crippen molar-refractivity contribution in [3.8, 4) is 0 Å². The lowest BCUT2D eigenvalue weighted by molar-refractivity contribution is -0.154. The van der Waals surface area contributed by atoms with Gasteiger partial charge in [0.25, 0.3) is 0 Å². The largest absolute Gasteiger partial charge is 0.392 e. The second-order valence-corrected chi connectivity index (χ2v) is 9.11. The van der Waals surface area contributed by atoms with Crippen LogP contribution in [0.3, 0.4) is 0 Å². The van der Waals surface area contributed by atoms with Gasteiger partial charge in [-0.1, -0.05) is 33.8 Å².